The number of amides is 1. The van der Waals surface area contributed by atoms with Gasteiger partial charge in [-0.15, -0.1) is 0 Å². The fourth-order valence-electron chi connectivity index (χ4n) is 4.44. The zero-order valence-electron chi connectivity index (χ0n) is 21.5. The van der Waals surface area contributed by atoms with Gasteiger partial charge in [0.2, 0.25) is 0 Å². The average molecular weight is 502 g/mol. The highest BCUT2D eigenvalue weighted by Crippen LogP contribution is 2.44. The van der Waals surface area contributed by atoms with Gasteiger partial charge in [-0.1, -0.05) is 29.8 Å². The maximum atomic E-state index is 13.5. The van der Waals surface area contributed by atoms with Crippen LogP contribution < -0.4 is 19.1 Å². The Morgan fingerprint density at radius 1 is 0.838 bits per heavy atom. The molecule has 1 amide bonds. The highest BCUT2D eigenvalue weighted by atomic mass is 16.5. The zero-order valence-corrected chi connectivity index (χ0v) is 21.5. The van der Waals surface area contributed by atoms with E-state index in [1.807, 2.05) is 52.0 Å². The number of carbonyl (C=O) groups excluding carboxylic acids is 2. The van der Waals surface area contributed by atoms with Crippen molar-refractivity contribution in [1.82, 2.24) is 0 Å². The normalized spacial score (nSPS) is 16.6. The largest absolute Gasteiger partial charge is 0.507 e. The van der Waals surface area contributed by atoms with E-state index < -0.39 is 17.7 Å². The predicted octanol–water partition coefficient (Wildman–Crippen LogP) is 5.82. The minimum Gasteiger partial charge on any atom is -0.507 e. The van der Waals surface area contributed by atoms with Crippen molar-refractivity contribution in [3.8, 4) is 17.2 Å². The quantitative estimate of drug-likeness (QED) is 0.226. The van der Waals surface area contributed by atoms with Crippen LogP contribution in [0.4, 0.5) is 5.69 Å². The predicted molar refractivity (Wildman–Crippen MR) is 142 cm³/mol. The van der Waals surface area contributed by atoms with E-state index in [9.17, 15) is 14.7 Å². The lowest BCUT2D eigenvalue weighted by Crippen LogP contribution is -2.29. The highest BCUT2D eigenvalue weighted by Gasteiger charge is 2.47. The smallest absolute Gasteiger partial charge is 0.300 e. The average Bonchev–Trinajstić information content (AvgIpc) is 3.15. The SMILES string of the molecule is CCOc1cccc(C2/C(=C(\O)c3ccc(OCC)cc3OCC)C(=O)C(=O)N2c2ccc(C)cc2)c1. The van der Waals surface area contributed by atoms with E-state index >= 15 is 0 Å². The molecule has 0 aliphatic carbocycles. The summed E-state index contributed by atoms with van der Waals surface area (Å²) in [5, 5.41) is 11.6. The molecule has 3 aromatic carbocycles. The van der Waals surface area contributed by atoms with Crippen molar-refractivity contribution < 1.29 is 28.9 Å². The maximum absolute atomic E-state index is 13.5. The molecule has 0 aromatic heterocycles. The van der Waals surface area contributed by atoms with Gasteiger partial charge in [-0.3, -0.25) is 14.5 Å². The molecule has 4 rings (SSSR count). The van der Waals surface area contributed by atoms with Gasteiger partial charge in [-0.05, 0) is 69.7 Å². The number of anilines is 1. The molecule has 7 nitrogen and oxygen atoms in total. The molecule has 1 aliphatic heterocycles. The van der Waals surface area contributed by atoms with Crippen molar-refractivity contribution in [2.45, 2.75) is 33.7 Å². The van der Waals surface area contributed by atoms with Crippen LogP contribution in [0.2, 0.25) is 0 Å². The van der Waals surface area contributed by atoms with E-state index in [1.54, 1.807) is 42.5 Å². The fourth-order valence-corrected chi connectivity index (χ4v) is 4.44. The molecule has 0 spiro atoms. The third-order valence-corrected chi connectivity index (χ3v) is 6.06. The van der Waals surface area contributed by atoms with Crippen LogP contribution in [0.1, 0.15) is 43.5 Å². The van der Waals surface area contributed by atoms with Crippen LogP contribution >= 0.6 is 0 Å². The summed E-state index contributed by atoms with van der Waals surface area (Å²) < 4.78 is 17.0. The van der Waals surface area contributed by atoms with Crippen molar-refractivity contribution in [3.63, 3.8) is 0 Å². The Morgan fingerprint density at radius 2 is 1.49 bits per heavy atom. The molecular formula is C30H31NO6. The third-order valence-electron chi connectivity index (χ3n) is 6.06. The number of hydrogen-bond donors (Lipinski definition) is 1. The Labute approximate surface area is 216 Å². The van der Waals surface area contributed by atoms with Crippen molar-refractivity contribution in [3.05, 3.63) is 89.0 Å². The summed E-state index contributed by atoms with van der Waals surface area (Å²) in [5.74, 6) is -0.281. The Bertz CT molecular complexity index is 1330. The monoisotopic (exact) mass is 501 g/mol. The molecule has 1 fully saturated rings. The second-order valence-corrected chi connectivity index (χ2v) is 8.53. The van der Waals surface area contributed by atoms with Gasteiger partial charge in [-0.25, -0.2) is 0 Å². The maximum Gasteiger partial charge on any atom is 0.300 e. The van der Waals surface area contributed by atoms with Crippen LogP contribution in [-0.2, 0) is 9.59 Å². The van der Waals surface area contributed by atoms with Crippen molar-refractivity contribution >= 4 is 23.1 Å². The first-order valence-electron chi connectivity index (χ1n) is 12.4. The number of rotatable bonds is 9. The molecular weight excluding hydrogens is 470 g/mol. The molecule has 7 heteroatoms. The van der Waals surface area contributed by atoms with Crippen LogP contribution in [0.15, 0.2) is 72.3 Å². The summed E-state index contributed by atoms with van der Waals surface area (Å²) in [6.45, 7) is 8.80. The molecule has 1 unspecified atom stereocenters. The molecule has 0 radical (unpaired) electrons. The van der Waals surface area contributed by atoms with E-state index in [-0.39, 0.29) is 11.3 Å². The fraction of sp³-hybridized carbons (Fsp3) is 0.267. The van der Waals surface area contributed by atoms with E-state index in [0.717, 1.165) is 5.56 Å². The number of benzene rings is 3. The molecule has 0 saturated carbocycles. The molecule has 1 N–H and O–H groups in total. The molecule has 1 saturated heterocycles. The third kappa shape index (κ3) is 5.16. The number of hydrogen-bond acceptors (Lipinski definition) is 6. The Balaban J connectivity index is 1.94. The van der Waals surface area contributed by atoms with Crippen molar-refractivity contribution in [2.24, 2.45) is 0 Å². The minimum atomic E-state index is -0.871. The van der Waals surface area contributed by atoms with Crippen molar-refractivity contribution in [2.75, 3.05) is 24.7 Å². The second-order valence-electron chi connectivity index (χ2n) is 8.53. The molecule has 37 heavy (non-hydrogen) atoms. The van der Waals surface area contributed by atoms with E-state index in [0.29, 0.717) is 53.9 Å². The minimum absolute atomic E-state index is 0.0238. The van der Waals surface area contributed by atoms with Crippen LogP contribution in [-0.4, -0.2) is 36.6 Å². The van der Waals surface area contributed by atoms with Gasteiger partial charge in [-0.2, -0.15) is 0 Å². The first-order chi connectivity index (χ1) is 17.9. The van der Waals surface area contributed by atoms with Crippen LogP contribution in [0.5, 0.6) is 17.2 Å². The number of aryl methyl sites for hydroxylation is 1. The van der Waals surface area contributed by atoms with Gasteiger partial charge in [0, 0.05) is 11.8 Å². The lowest BCUT2D eigenvalue weighted by Gasteiger charge is -2.26. The number of nitrogens with zero attached hydrogens (tertiary/aromatic N) is 1. The standard InChI is InChI=1S/C30H31NO6/c1-5-35-22-10-8-9-20(17-22)27-26(29(33)30(34)31(27)21-13-11-19(4)12-14-21)28(32)24-16-15-23(36-6-2)18-25(24)37-7-3/h8-18,27,32H,5-7H2,1-4H3/b28-26+. The molecule has 1 aliphatic rings. The second kappa shape index (κ2) is 11.2. The summed E-state index contributed by atoms with van der Waals surface area (Å²) in [4.78, 5) is 28.4. The van der Waals surface area contributed by atoms with E-state index in [2.05, 4.69) is 0 Å². The lowest BCUT2D eigenvalue weighted by atomic mass is 9.94. The van der Waals surface area contributed by atoms with Crippen LogP contribution in [0.3, 0.4) is 0 Å². The summed E-state index contributed by atoms with van der Waals surface area (Å²) in [7, 11) is 0. The Morgan fingerprint density at radius 3 is 2.14 bits per heavy atom. The Hall–Kier alpha value is -4.26. The van der Waals surface area contributed by atoms with Crippen LogP contribution in [0, 0.1) is 6.92 Å². The molecule has 192 valence electrons. The zero-order chi connectivity index (χ0) is 26.5. The van der Waals surface area contributed by atoms with E-state index in [4.69, 9.17) is 14.2 Å². The van der Waals surface area contributed by atoms with Crippen LogP contribution in [0.25, 0.3) is 5.76 Å². The number of aliphatic hydroxyl groups excluding tert-OH is 1. The van der Waals surface area contributed by atoms with Gasteiger partial charge in [0.25, 0.3) is 11.7 Å². The number of Topliss-reactive ketones (excluding diaryl/α,β-unsaturated/α-hetero) is 1. The molecule has 3 aromatic rings. The number of aliphatic hydroxyl groups is 1. The first-order valence-corrected chi connectivity index (χ1v) is 12.4. The summed E-state index contributed by atoms with van der Waals surface area (Å²) in [5.41, 5.74) is 2.49. The van der Waals surface area contributed by atoms with Gasteiger partial charge in [0.05, 0.1) is 37.0 Å². The van der Waals surface area contributed by atoms with Crippen molar-refractivity contribution in [1.29, 1.82) is 0 Å². The Kier molecular flexibility index (Phi) is 7.82. The van der Waals surface area contributed by atoms with E-state index in [1.165, 1.54) is 4.90 Å². The van der Waals surface area contributed by atoms with Gasteiger partial charge >= 0.3 is 0 Å². The molecule has 0 bridgehead atoms. The lowest BCUT2D eigenvalue weighted by molar-refractivity contribution is -0.132. The summed E-state index contributed by atoms with van der Waals surface area (Å²) in [6, 6.07) is 18.7. The number of carbonyl (C=O) groups is 2. The van der Waals surface area contributed by atoms with Gasteiger partial charge in [0.15, 0.2) is 0 Å². The first kappa shape index (κ1) is 25.8. The number of ketones is 1. The van der Waals surface area contributed by atoms with Gasteiger partial charge in [0.1, 0.15) is 23.0 Å². The number of ether oxygens (including phenoxy) is 3. The summed E-state index contributed by atoms with van der Waals surface area (Å²) >= 11 is 0. The summed E-state index contributed by atoms with van der Waals surface area (Å²) in [6.07, 6.45) is 0. The van der Waals surface area contributed by atoms with Gasteiger partial charge < -0.3 is 19.3 Å². The molecule has 1 heterocycles. The molecule has 1 atom stereocenters. The highest BCUT2D eigenvalue weighted by molar-refractivity contribution is 6.51. The topological polar surface area (TPSA) is 85.3 Å².